The van der Waals surface area contributed by atoms with E-state index in [1.54, 1.807) is 73.0 Å². The van der Waals surface area contributed by atoms with Crippen molar-refractivity contribution in [3.8, 4) is 29.1 Å². The second-order valence-electron chi connectivity index (χ2n) is 20.5. The minimum absolute atomic E-state index is 0.00556. The van der Waals surface area contributed by atoms with E-state index in [4.69, 9.17) is 23.7 Å². The maximum atomic E-state index is 17.1. The highest BCUT2D eigenvalue weighted by Gasteiger charge is 2.76. The molecule has 11 rings (SSSR count). The molecule has 4 aliphatic heterocycles. The number of urea groups is 1. The molecule has 4 aliphatic rings. The van der Waals surface area contributed by atoms with Crippen LogP contribution >= 0.6 is 0 Å². The number of carbonyl (C=O) groups excluding carboxylic acids is 5. The number of para-hydroxylation sites is 1. The lowest BCUT2D eigenvalue weighted by Crippen LogP contribution is -2.58. The van der Waals surface area contributed by atoms with Crippen LogP contribution in [0.2, 0.25) is 0 Å². The summed E-state index contributed by atoms with van der Waals surface area (Å²) in [6, 6.07) is 36.4. The molecule has 6 aromatic carbocycles. The van der Waals surface area contributed by atoms with Crippen molar-refractivity contribution in [3.63, 3.8) is 0 Å². The topological polar surface area (TPSA) is 204 Å². The molecule has 5 heterocycles. The molecule has 0 aliphatic carbocycles. The summed E-state index contributed by atoms with van der Waals surface area (Å²) in [5, 5.41) is 21.2. The van der Waals surface area contributed by atoms with Crippen molar-refractivity contribution in [1.82, 2.24) is 30.1 Å². The molecule has 7 aromatic rings. The summed E-state index contributed by atoms with van der Waals surface area (Å²) in [6.07, 6.45) is -0.578. The van der Waals surface area contributed by atoms with Crippen molar-refractivity contribution in [2.45, 2.75) is 69.0 Å². The molecule has 2 N–H and O–H groups in total. The number of ether oxygens (including phenoxy) is 5. The van der Waals surface area contributed by atoms with Gasteiger partial charge in [-0.2, -0.15) is 0 Å². The maximum absolute atomic E-state index is 17.1. The first kappa shape index (κ1) is 53.0. The zero-order valence-corrected chi connectivity index (χ0v) is 44.8. The van der Waals surface area contributed by atoms with Crippen LogP contribution in [0.3, 0.4) is 0 Å². The lowest BCUT2D eigenvalue weighted by atomic mass is 9.64. The molecule has 0 unspecified atom stereocenters. The first-order chi connectivity index (χ1) is 38.9. The van der Waals surface area contributed by atoms with Gasteiger partial charge in [0.25, 0.3) is 0 Å². The number of cyclic esters (lactones) is 1. The van der Waals surface area contributed by atoms with Crippen molar-refractivity contribution in [3.05, 3.63) is 178 Å². The SMILES string of the molecule is COC(=O)[C@@H](NC(=O)N1C(=O)[C@@]2(c3cc(C#CCn4nnc5ccccc54)ccc31)[C@H](c1ccc(OCCO)cc1)N1[C@H](c3ccccc3)[C@H](c3ccccc3)OC(=O)[C@H]1[C@@H]2C(=O)N1CCc2cc(OC)c(OC)cc2C1)C(C)C. The van der Waals surface area contributed by atoms with Crippen molar-refractivity contribution in [2.24, 2.45) is 11.8 Å². The van der Waals surface area contributed by atoms with Crippen LogP contribution < -0.4 is 24.4 Å². The third-order valence-electron chi connectivity index (χ3n) is 15.8. The lowest BCUT2D eigenvalue weighted by Gasteiger charge is -2.46. The number of aromatic nitrogens is 3. The fourth-order valence-electron chi connectivity index (χ4n) is 12.2. The van der Waals surface area contributed by atoms with Gasteiger partial charge in [-0.1, -0.05) is 116 Å². The van der Waals surface area contributed by atoms with Crippen molar-refractivity contribution >= 4 is 46.5 Å². The molecule has 0 bridgehead atoms. The first-order valence-electron chi connectivity index (χ1n) is 26.5. The van der Waals surface area contributed by atoms with E-state index in [-0.39, 0.29) is 44.1 Å². The number of fused-ring (bicyclic) bond motifs is 5. The predicted molar refractivity (Wildman–Crippen MR) is 293 cm³/mol. The molecule has 4 amide bonds. The Morgan fingerprint density at radius 2 is 1.50 bits per heavy atom. The summed E-state index contributed by atoms with van der Waals surface area (Å²) in [5.74, 6) is 2.99. The van der Waals surface area contributed by atoms with Gasteiger partial charge in [0.1, 0.15) is 48.0 Å². The molecule has 80 heavy (non-hydrogen) atoms. The molecule has 18 nitrogen and oxygen atoms in total. The Hall–Kier alpha value is -9.05. The zero-order valence-electron chi connectivity index (χ0n) is 44.8. The number of benzene rings is 6. The van der Waals surface area contributed by atoms with E-state index in [0.29, 0.717) is 45.9 Å². The van der Waals surface area contributed by atoms with Gasteiger partial charge in [-0.15, -0.1) is 5.10 Å². The lowest BCUT2D eigenvalue weighted by molar-refractivity contribution is -0.179. The van der Waals surface area contributed by atoms with Crippen LogP contribution in [0.1, 0.15) is 71.0 Å². The highest BCUT2D eigenvalue weighted by atomic mass is 16.6. The van der Waals surface area contributed by atoms with Gasteiger partial charge >= 0.3 is 18.0 Å². The minimum Gasteiger partial charge on any atom is -0.493 e. The predicted octanol–water partition coefficient (Wildman–Crippen LogP) is 7.03. The normalized spacial score (nSPS) is 21.5. The van der Waals surface area contributed by atoms with Gasteiger partial charge in [0.15, 0.2) is 11.5 Å². The van der Waals surface area contributed by atoms with E-state index in [9.17, 15) is 9.90 Å². The number of methoxy groups -OCH3 is 3. The average Bonchev–Trinajstić information content (AvgIpc) is 3.77. The molecule has 408 valence electrons. The number of morpholine rings is 1. The number of imide groups is 1. The number of nitrogens with zero attached hydrogens (tertiary/aromatic N) is 6. The number of nitrogens with one attached hydrogen (secondary N) is 1. The van der Waals surface area contributed by atoms with E-state index in [1.165, 1.54) is 14.2 Å². The second kappa shape index (κ2) is 22.0. The number of hydrogen-bond donors (Lipinski definition) is 2. The van der Waals surface area contributed by atoms with Crippen molar-refractivity contribution in [2.75, 3.05) is 46.0 Å². The molecular formula is C62H59N7O11. The van der Waals surface area contributed by atoms with Gasteiger partial charge < -0.3 is 39.0 Å². The molecule has 0 saturated carbocycles. The molecular weight excluding hydrogens is 1020 g/mol. The average molecular weight is 1080 g/mol. The quantitative estimate of drug-likeness (QED) is 0.0880. The monoisotopic (exact) mass is 1080 g/mol. The summed E-state index contributed by atoms with van der Waals surface area (Å²) >= 11 is 0. The smallest absolute Gasteiger partial charge is 0.329 e. The molecule has 0 radical (unpaired) electrons. The number of rotatable bonds is 13. The van der Waals surface area contributed by atoms with E-state index in [0.717, 1.165) is 27.1 Å². The zero-order chi connectivity index (χ0) is 55.8. The van der Waals surface area contributed by atoms with Crippen molar-refractivity contribution in [1.29, 1.82) is 0 Å². The fraction of sp³-hybridized carbons (Fsp3) is 0.306. The van der Waals surface area contributed by atoms with Crippen LogP contribution in [-0.2, 0) is 53.6 Å². The summed E-state index contributed by atoms with van der Waals surface area (Å²) in [7, 11) is 4.31. The number of esters is 2. The number of aliphatic hydroxyl groups is 1. The van der Waals surface area contributed by atoms with Crippen LogP contribution in [0.15, 0.2) is 140 Å². The van der Waals surface area contributed by atoms with E-state index in [1.807, 2.05) is 102 Å². The number of aliphatic hydroxyl groups excluding tert-OH is 1. The minimum atomic E-state index is -2.14. The second-order valence-corrected chi connectivity index (χ2v) is 20.5. The fourth-order valence-corrected chi connectivity index (χ4v) is 12.2. The Morgan fingerprint density at radius 3 is 2.19 bits per heavy atom. The van der Waals surface area contributed by atoms with Gasteiger partial charge in [-0.25, -0.2) is 19.2 Å². The van der Waals surface area contributed by atoms with Crippen LogP contribution in [0, 0.1) is 23.7 Å². The first-order valence-corrected chi connectivity index (χ1v) is 26.5. The van der Waals surface area contributed by atoms with Gasteiger partial charge in [-0.3, -0.25) is 19.3 Å². The van der Waals surface area contributed by atoms with Crippen molar-refractivity contribution < 1.29 is 52.8 Å². The van der Waals surface area contributed by atoms with E-state index < -0.39 is 77.3 Å². The number of amides is 4. The molecule has 7 atom stereocenters. The molecule has 2 saturated heterocycles. The summed E-state index contributed by atoms with van der Waals surface area (Å²) < 4.78 is 30.8. The van der Waals surface area contributed by atoms with Gasteiger partial charge in [-0.05, 0) is 100 Å². The largest absolute Gasteiger partial charge is 0.493 e. The molecule has 1 spiro atoms. The Labute approximate surface area is 462 Å². The number of hydrogen-bond acceptors (Lipinski definition) is 14. The van der Waals surface area contributed by atoms with Crippen LogP contribution in [0.5, 0.6) is 17.2 Å². The highest BCUT2D eigenvalue weighted by Crippen LogP contribution is 2.66. The summed E-state index contributed by atoms with van der Waals surface area (Å²) in [6.45, 7) is 3.65. The summed E-state index contributed by atoms with van der Waals surface area (Å²) in [4.78, 5) is 83.1. The highest BCUT2D eigenvalue weighted by molar-refractivity contribution is 6.25. The third kappa shape index (κ3) is 9.11. The molecule has 1 aromatic heterocycles. The molecule has 2 fully saturated rings. The van der Waals surface area contributed by atoms with Crippen LogP contribution in [-0.4, -0.2) is 113 Å². The van der Waals surface area contributed by atoms with Gasteiger partial charge in [0, 0.05) is 18.7 Å². The Balaban J connectivity index is 1.18. The Morgan fingerprint density at radius 1 is 0.812 bits per heavy atom. The van der Waals surface area contributed by atoms with Crippen LogP contribution in [0.25, 0.3) is 11.0 Å². The maximum Gasteiger partial charge on any atom is 0.329 e. The number of anilines is 1. The standard InChI is InChI=1S/C62H59N7O11/c1-37(2)52(58(72)78-5)63-61(75)68-47-27-22-38(15-14-29-67-48-21-13-12-20-46(48)64-65-67)33-45(47)62(60(68)74)51(57(71)66-30-28-42-34-49(76-3)50(77-4)35-43(42)36-66)54-59(73)80-55(40-18-10-7-11-19-40)53(39-16-8-6-9-17-39)69(54)56(62)41-23-25-44(26-24-41)79-32-31-70/h6-13,16-27,33-35,37,51-56,70H,28-32,36H2,1-5H3,(H,63,75)/t51-,52+,53-,54-,55+,56+,62-/m1/s1. The Kier molecular flexibility index (Phi) is 14.6. The van der Waals surface area contributed by atoms with Gasteiger partial charge in [0.2, 0.25) is 11.8 Å². The third-order valence-corrected chi connectivity index (χ3v) is 15.8. The Bertz CT molecular complexity index is 3580. The summed E-state index contributed by atoms with van der Waals surface area (Å²) in [5.41, 5.74) is 3.71. The van der Waals surface area contributed by atoms with Gasteiger partial charge in [0.05, 0.1) is 57.1 Å². The molecule has 18 heteroatoms. The number of carbonyl (C=O) groups is 5. The van der Waals surface area contributed by atoms with E-state index >= 15 is 19.2 Å². The van der Waals surface area contributed by atoms with Crippen LogP contribution in [0.4, 0.5) is 10.5 Å². The van der Waals surface area contributed by atoms with E-state index in [2.05, 4.69) is 27.5 Å².